The maximum Gasteiger partial charge on any atom is 0.434 e. The van der Waals surface area contributed by atoms with Crippen molar-refractivity contribution in [2.45, 2.75) is 51.9 Å². The van der Waals surface area contributed by atoms with Crippen molar-refractivity contribution in [3.05, 3.63) is 53.1 Å². The molecule has 2 aromatic rings. The van der Waals surface area contributed by atoms with E-state index in [0.717, 1.165) is 17.3 Å². The second-order valence-corrected chi connectivity index (χ2v) is 6.70. The average Bonchev–Trinajstić information content (AvgIpc) is 2.80. The van der Waals surface area contributed by atoms with E-state index in [0.29, 0.717) is 5.82 Å². The minimum Gasteiger partial charge on any atom is -0.327 e. The number of aryl methyl sites for hydroxylation is 1. The summed E-state index contributed by atoms with van der Waals surface area (Å²) in [5.74, 6) is 0.345. The van der Waals surface area contributed by atoms with Gasteiger partial charge in [-0.2, -0.15) is 13.2 Å². The number of aromatic nitrogens is 2. The molecule has 1 unspecified atom stereocenters. The molecule has 2 rings (SSSR count). The Hall–Kier alpha value is -1.24. The van der Waals surface area contributed by atoms with Gasteiger partial charge in [0.2, 0.25) is 0 Å². The molecule has 0 radical (unpaired) electrons. The summed E-state index contributed by atoms with van der Waals surface area (Å²) in [6, 6.07) is 7.48. The number of hydrogen-bond acceptors (Lipinski definition) is 2. The van der Waals surface area contributed by atoms with E-state index < -0.39 is 17.4 Å². The molecular weight excluding hydrogens is 374 g/mol. The minimum absolute atomic E-state index is 0. The third-order valence-corrected chi connectivity index (χ3v) is 3.69. The molecule has 0 saturated carbocycles. The predicted molar refractivity (Wildman–Crippen MR) is 98.7 cm³/mol. The number of halogens is 5. The summed E-state index contributed by atoms with van der Waals surface area (Å²) in [7, 11) is 0. The van der Waals surface area contributed by atoms with Crippen LogP contribution in [0.1, 0.15) is 49.5 Å². The highest BCUT2D eigenvalue weighted by molar-refractivity contribution is 5.85. The number of rotatable bonds is 4. The molecule has 0 aliphatic rings. The van der Waals surface area contributed by atoms with Crippen LogP contribution in [0.3, 0.4) is 0 Å². The lowest BCUT2D eigenvalue weighted by Gasteiger charge is -2.22. The van der Waals surface area contributed by atoms with E-state index in [1.807, 2.05) is 38.1 Å². The van der Waals surface area contributed by atoms with Gasteiger partial charge in [-0.25, -0.2) is 4.98 Å². The van der Waals surface area contributed by atoms with Gasteiger partial charge >= 0.3 is 6.18 Å². The third-order valence-electron chi connectivity index (χ3n) is 3.69. The SMILES string of the molecule is Cc1ccc(C(C)n2cc(C(F)(F)F)nc2CC(C)(C)N)cc1.Cl.Cl. The minimum atomic E-state index is -4.47. The Bertz CT molecular complexity index is 674. The smallest absolute Gasteiger partial charge is 0.327 e. The summed E-state index contributed by atoms with van der Waals surface area (Å²) in [6.45, 7) is 7.38. The molecule has 8 heteroatoms. The lowest BCUT2D eigenvalue weighted by Crippen LogP contribution is -2.35. The molecule has 142 valence electrons. The summed E-state index contributed by atoms with van der Waals surface area (Å²) in [5.41, 5.74) is 6.49. The number of nitrogens with zero attached hydrogens (tertiary/aromatic N) is 2. The Kier molecular flexibility index (Phi) is 8.01. The van der Waals surface area contributed by atoms with Gasteiger partial charge in [-0.15, -0.1) is 24.8 Å². The Morgan fingerprint density at radius 2 is 1.64 bits per heavy atom. The summed E-state index contributed by atoms with van der Waals surface area (Å²) in [5, 5.41) is 0. The van der Waals surface area contributed by atoms with Crippen LogP contribution in [0.15, 0.2) is 30.5 Å². The van der Waals surface area contributed by atoms with Gasteiger partial charge in [0.1, 0.15) is 5.82 Å². The monoisotopic (exact) mass is 397 g/mol. The zero-order chi connectivity index (χ0) is 17.4. The fourth-order valence-electron chi connectivity index (χ4n) is 2.45. The molecule has 1 heterocycles. The molecule has 1 aromatic carbocycles. The van der Waals surface area contributed by atoms with E-state index >= 15 is 0 Å². The molecule has 2 N–H and O–H groups in total. The number of hydrogen-bond donors (Lipinski definition) is 1. The van der Waals surface area contributed by atoms with Crippen molar-refractivity contribution in [1.29, 1.82) is 0 Å². The summed E-state index contributed by atoms with van der Waals surface area (Å²) >= 11 is 0. The summed E-state index contributed by atoms with van der Waals surface area (Å²) < 4.78 is 40.6. The van der Waals surface area contributed by atoms with E-state index in [9.17, 15) is 13.2 Å². The van der Waals surface area contributed by atoms with Crippen LogP contribution in [0.25, 0.3) is 0 Å². The molecular formula is C17H24Cl2F3N3. The topological polar surface area (TPSA) is 43.8 Å². The van der Waals surface area contributed by atoms with E-state index in [1.54, 1.807) is 18.4 Å². The van der Waals surface area contributed by atoms with Crippen molar-refractivity contribution in [1.82, 2.24) is 9.55 Å². The van der Waals surface area contributed by atoms with Crippen LogP contribution in [0.5, 0.6) is 0 Å². The van der Waals surface area contributed by atoms with Gasteiger partial charge in [0, 0.05) is 18.2 Å². The van der Waals surface area contributed by atoms with Gasteiger partial charge in [0.25, 0.3) is 0 Å². The van der Waals surface area contributed by atoms with Crippen LogP contribution in [0.4, 0.5) is 13.2 Å². The Balaban J connectivity index is 0.00000288. The molecule has 25 heavy (non-hydrogen) atoms. The van der Waals surface area contributed by atoms with Crippen LogP contribution in [-0.4, -0.2) is 15.1 Å². The van der Waals surface area contributed by atoms with Crippen molar-refractivity contribution < 1.29 is 13.2 Å². The van der Waals surface area contributed by atoms with Crippen molar-refractivity contribution in [3.63, 3.8) is 0 Å². The molecule has 0 spiro atoms. The van der Waals surface area contributed by atoms with Gasteiger partial charge in [0.05, 0.1) is 6.04 Å². The molecule has 0 saturated heterocycles. The van der Waals surface area contributed by atoms with Crippen LogP contribution in [0, 0.1) is 6.92 Å². The van der Waals surface area contributed by atoms with E-state index in [1.165, 1.54) is 0 Å². The zero-order valence-corrected chi connectivity index (χ0v) is 16.2. The second kappa shape index (κ2) is 8.43. The molecule has 1 aromatic heterocycles. The van der Waals surface area contributed by atoms with Crippen LogP contribution < -0.4 is 5.73 Å². The lowest BCUT2D eigenvalue weighted by atomic mass is 10.0. The van der Waals surface area contributed by atoms with Crippen LogP contribution in [0.2, 0.25) is 0 Å². The largest absolute Gasteiger partial charge is 0.434 e. The van der Waals surface area contributed by atoms with Crippen molar-refractivity contribution in [2.75, 3.05) is 0 Å². The molecule has 3 nitrogen and oxygen atoms in total. The first-order valence-corrected chi connectivity index (χ1v) is 7.48. The fraction of sp³-hybridized carbons (Fsp3) is 0.471. The number of alkyl halides is 3. The zero-order valence-electron chi connectivity index (χ0n) is 14.6. The van der Waals surface area contributed by atoms with E-state index in [-0.39, 0.29) is 37.3 Å². The molecule has 0 bridgehead atoms. The first kappa shape index (κ1) is 23.8. The highest BCUT2D eigenvalue weighted by Gasteiger charge is 2.36. The molecule has 1 atom stereocenters. The molecule has 0 aliphatic carbocycles. The maximum atomic E-state index is 13.0. The van der Waals surface area contributed by atoms with Gasteiger partial charge in [-0.1, -0.05) is 29.8 Å². The van der Waals surface area contributed by atoms with Crippen molar-refractivity contribution >= 4 is 24.8 Å². The predicted octanol–water partition coefficient (Wildman–Crippen LogP) is 4.94. The number of imidazole rings is 1. The van der Waals surface area contributed by atoms with Crippen molar-refractivity contribution in [3.8, 4) is 0 Å². The van der Waals surface area contributed by atoms with Gasteiger partial charge in [-0.3, -0.25) is 0 Å². The third kappa shape index (κ3) is 6.20. The quantitative estimate of drug-likeness (QED) is 0.793. The second-order valence-electron chi connectivity index (χ2n) is 6.70. The van der Waals surface area contributed by atoms with Gasteiger partial charge < -0.3 is 10.3 Å². The molecule has 0 fully saturated rings. The average molecular weight is 398 g/mol. The van der Waals surface area contributed by atoms with Gasteiger partial charge in [0.15, 0.2) is 5.69 Å². The number of benzene rings is 1. The van der Waals surface area contributed by atoms with Crippen LogP contribution >= 0.6 is 24.8 Å². The Morgan fingerprint density at radius 3 is 2.08 bits per heavy atom. The first-order chi connectivity index (χ1) is 10.5. The number of nitrogens with two attached hydrogens (primary N) is 1. The van der Waals surface area contributed by atoms with E-state index in [2.05, 4.69) is 4.98 Å². The Morgan fingerprint density at radius 1 is 1.12 bits per heavy atom. The fourth-order valence-corrected chi connectivity index (χ4v) is 2.45. The summed E-state index contributed by atoms with van der Waals surface area (Å²) in [6.07, 6.45) is -3.13. The highest BCUT2D eigenvalue weighted by Crippen LogP contribution is 2.31. The Labute approximate surface area is 158 Å². The highest BCUT2D eigenvalue weighted by atomic mass is 35.5. The first-order valence-electron chi connectivity index (χ1n) is 7.48. The normalized spacial score (nSPS) is 13.0. The van der Waals surface area contributed by atoms with Crippen LogP contribution in [-0.2, 0) is 12.6 Å². The summed E-state index contributed by atoms with van der Waals surface area (Å²) in [4.78, 5) is 3.79. The maximum absolute atomic E-state index is 13.0. The molecule has 0 aliphatic heterocycles. The van der Waals surface area contributed by atoms with E-state index in [4.69, 9.17) is 5.73 Å². The lowest BCUT2D eigenvalue weighted by molar-refractivity contribution is -0.141. The van der Waals surface area contributed by atoms with Crippen molar-refractivity contribution in [2.24, 2.45) is 5.73 Å². The standard InChI is InChI=1S/C17H22F3N3.2ClH/c1-11-5-7-13(8-6-11)12(2)23-10-14(17(18,19)20)22-15(23)9-16(3,4)21;;/h5-8,10,12H,9,21H2,1-4H3;2*1H. The molecule has 0 amide bonds. The van der Waals surface area contributed by atoms with Gasteiger partial charge in [-0.05, 0) is 33.3 Å².